The number of hydrogen-bond donors (Lipinski definition) is 1. The molecule has 2 heteroatoms. The molecule has 0 aromatic carbocycles. The molecule has 4 aliphatic rings. The fraction of sp³-hybridized carbons (Fsp3) is 0.737. The predicted octanol–water partition coefficient (Wildman–Crippen LogP) is 3.80. The lowest BCUT2D eigenvalue weighted by Crippen LogP contribution is -2.46. The average molecular weight is 286 g/mol. The van der Waals surface area contributed by atoms with Crippen molar-refractivity contribution in [3.63, 3.8) is 0 Å². The van der Waals surface area contributed by atoms with E-state index in [0.717, 1.165) is 19.3 Å². The molecule has 1 N–H and O–H groups in total. The van der Waals surface area contributed by atoms with Crippen LogP contribution < -0.4 is 0 Å². The Kier molecular flexibility index (Phi) is 3.15. The maximum Gasteiger partial charge on any atom is 0.123 e. The molecule has 2 unspecified atom stereocenters. The number of rotatable bonds is 1. The van der Waals surface area contributed by atoms with Crippen LogP contribution in [0.1, 0.15) is 58.3 Å². The SMILES string of the molecule is C[C@]12CC(O)C3=C4CCCC=C4CC[C@H]3[C@@H]1CCC2C=O. The summed E-state index contributed by atoms with van der Waals surface area (Å²) < 4.78 is 0. The molecule has 0 heterocycles. The van der Waals surface area contributed by atoms with Gasteiger partial charge in [-0.1, -0.05) is 13.0 Å². The number of allylic oxidation sites excluding steroid dienone is 3. The monoisotopic (exact) mass is 286 g/mol. The van der Waals surface area contributed by atoms with Gasteiger partial charge in [-0.15, -0.1) is 0 Å². The molecule has 0 aliphatic heterocycles. The highest BCUT2D eigenvalue weighted by Crippen LogP contribution is 2.61. The fourth-order valence-corrected chi connectivity index (χ4v) is 5.99. The van der Waals surface area contributed by atoms with Gasteiger partial charge in [0.1, 0.15) is 6.29 Å². The van der Waals surface area contributed by atoms with Crippen molar-refractivity contribution in [1.82, 2.24) is 0 Å². The van der Waals surface area contributed by atoms with Crippen LogP contribution in [-0.4, -0.2) is 17.5 Å². The Morgan fingerprint density at radius 2 is 2.14 bits per heavy atom. The first-order chi connectivity index (χ1) is 10.1. The summed E-state index contributed by atoms with van der Waals surface area (Å²) in [7, 11) is 0. The normalized spacial score (nSPS) is 45.5. The van der Waals surface area contributed by atoms with Gasteiger partial charge in [0, 0.05) is 5.92 Å². The van der Waals surface area contributed by atoms with E-state index < -0.39 is 0 Å². The molecule has 2 fully saturated rings. The molecule has 2 saturated carbocycles. The number of fused-ring (bicyclic) bond motifs is 4. The van der Waals surface area contributed by atoms with Gasteiger partial charge in [-0.2, -0.15) is 0 Å². The minimum Gasteiger partial charge on any atom is -0.389 e. The molecule has 114 valence electrons. The molecule has 21 heavy (non-hydrogen) atoms. The molecule has 0 aromatic heterocycles. The summed E-state index contributed by atoms with van der Waals surface area (Å²) in [6.45, 7) is 2.26. The highest BCUT2D eigenvalue weighted by Gasteiger charge is 2.55. The Balaban J connectivity index is 1.78. The van der Waals surface area contributed by atoms with Crippen molar-refractivity contribution in [2.45, 2.75) is 64.4 Å². The van der Waals surface area contributed by atoms with Crippen molar-refractivity contribution in [3.8, 4) is 0 Å². The molecule has 0 aromatic rings. The molecule has 2 nitrogen and oxygen atoms in total. The fourth-order valence-electron chi connectivity index (χ4n) is 5.99. The first kappa shape index (κ1) is 13.8. The Morgan fingerprint density at radius 1 is 1.29 bits per heavy atom. The van der Waals surface area contributed by atoms with Gasteiger partial charge in [-0.3, -0.25) is 0 Å². The van der Waals surface area contributed by atoms with Gasteiger partial charge in [0.15, 0.2) is 0 Å². The van der Waals surface area contributed by atoms with Crippen LogP contribution in [0.4, 0.5) is 0 Å². The Labute approximate surface area is 127 Å². The molecule has 4 rings (SSSR count). The lowest BCUT2D eigenvalue weighted by atomic mass is 9.55. The average Bonchev–Trinajstić information content (AvgIpc) is 2.82. The van der Waals surface area contributed by atoms with Crippen LogP contribution in [0, 0.1) is 23.2 Å². The minimum absolute atomic E-state index is 0.0335. The summed E-state index contributed by atoms with van der Waals surface area (Å²) in [5, 5.41) is 10.9. The summed E-state index contributed by atoms with van der Waals surface area (Å²) in [5.74, 6) is 1.31. The van der Waals surface area contributed by atoms with Gasteiger partial charge < -0.3 is 9.90 Å². The van der Waals surface area contributed by atoms with E-state index in [9.17, 15) is 9.90 Å². The molecule has 0 bridgehead atoms. The largest absolute Gasteiger partial charge is 0.389 e. The smallest absolute Gasteiger partial charge is 0.123 e. The van der Waals surface area contributed by atoms with Crippen LogP contribution in [-0.2, 0) is 4.79 Å². The second kappa shape index (κ2) is 4.81. The van der Waals surface area contributed by atoms with Crippen LogP contribution in [0.2, 0.25) is 0 Å². The van der Waals surface area contributed by atoms with E-state index in [4.69, 9.17) is 0 Å². The number of aliphatic hydroxyl groups is 1. The number of carbonyl (C=O) groups excluding carboxylic acids is 1. The molecule has 0 saturated heterocycles. The van der Waals surface area contributed by atoms with E-state index in [1.54, 1.807) is 0 Å². The van der Waals surface area contributed by atoms with Gasteiger partial charge in [0.25, 0.3) is 0 Å². The maximum absolute atomic E-state index is 11.5. The first-order valence-corrected chi connectivity index (χ1v) is 8.71. The van der Waals surface area contributed by atoms with Crippen LogP contribution in [0.15, 0.2) is 22.8 Å². The Bertz CT molecular complexity index is 530. The molecule has 0 radical (unpaired) electrons. The maximum atomic E-state index is 11.5. The topological polar surface area (TPSA) is 37.3 Å². The quantitative estimate of drug-likeness (QED) is 0.744. The molecular weight excluding hydrogens is 260 g/mol. The van der Waals surface area contributed by atoms with E-state index in [0.29, 0.717) is 11.8 Å². The summed E-state index contributed by atoms with van der Waals surface area (Å²) in [5.41, 5.74) is 4.44. The van der Waals surface area contributed by atoms with Crippen LogP contribution in [0.25, 0.3) is 0 Å². The summed E-state index contributed by atoms with van der Waals surface area (Å²) in [6.07, 6.45) is 12.2. The van der Waals surface area contributed by atoms with E-state index in [1.807, 2.05) is 0 Å². The van der Waals surface area contributed by atoms with Gasteiger partial charge in [0.05, 0.1) is 6.10 Å². The zero-order chi connectivity index (χ0) is 14.6. The summed E-state index contributed by atoms with van der Waals surface area (Å²) >= 11 is 0. The number of hydrogen-bond acceptors (Lipinski definition) is 2. The number of aliphatic hydroxyl groups excluding tert-OH is 1. The first-order valence-electron chi connectivity index (χ1n) is 8.71. The van der Waals surface area contributed by atoms with Crippen molar-refractivity contribution in [2.75, 3.05) is 0 Å². The van der Waals surface area contributed by atoms with Gasteiger partial charge in [-0.05, 0) is 85.3 Å². The lowest BCUT2D eigenvalue weighted by molar-refractivity contribution is -0.116. The van der Waals surface area contributed by atoms with E-state index >= 15 is 0 Å². The second-order valence-electron chi connectivity index (χ2n) is 7.85. The molecule has 0 amide bonds. The zero-order valence-electron chi connectivity index (χ0n) is 13.0. The second-order valence-corrected chi connectivity index (χ2v) is 7.85. The van der Waals surface area contributed by atoms with Gasteiger partial charge in [0.2, 0.25) is 0 Å². The van der Waals surface area contributed by atoms with E-state index in [2.05, 4.69) is 13.0 Å². The number of aldehydes is 1. The molecular formula is C19H26O2. The third kappa shape index (κ3) is 1.84. The zero-order valence-corrected chi connectivity index (χ0v) is 13.0. The third-order valence-electron chi connectivity index (χ3n) is 7.01. The Hall–Kier alpha value is -0.890. The van der Waals surface area contributed by atoms with Crippen molar-refractivity contribution in [1.29, 1.82) is 0 Å². The van der Waals surface area contributed by atoms with E-state index in [-0.39, 0.29) is 17.4 Å². The van der Waals surface area contributed by atoms with Gasteiger partial charge >= 0.3 is 0 Å². The van der Waals surface area contributed by atoms with Crippen LogP contribution in [0.3, 0.4) is 0 Å². The summed E-state index contributed by atoms with van der Waals surface area (Å²) in [4.78, 5) is 11.5. The van der Waals surface area contributed by atoms with Crippen molar-refractivity contribution in [2.24, 2.45) is 23.2 Å². The van der Waals surface area contributed by atoms with Crippen molar-refractivity contribution in [3.05, 3.63) is 22.8 Å². The third-order valence-corrected chi connectivity index (χ3v) is 7.01. The highest BCUT2D eigenvalue weighted by molar-refractivity contribution is 5.57. The minimum atomic E-state index is -0.311. The van der Waals surface area contributed by atoms with E-state index in [1.165, 1.54) is 55.1 Å². The summed E-state index contributed by atoms with van der Waals surface area (Å²) in [6, 6.07) is 0. The van der Waals surface area contributed by atoms with Crippen molar-refractivity contribution < 1.29 is 9.90 Å². The molecule has 4 aliphatic carbocycles. The van der Waals surface area contributed by atoms with Crippen LogP contribution in [0.5, 0.6) is 0 Å². The van der Waals surface area contributed by atoms with Crippen LogP contribution >= 0.6 is 0 Å². The predicted molar refractivity (Wildman–Crippen MR) is 82.7 cm³/mol. The number of carbonyl (C=O) groups is 1. The lowest BCUT2D eigenvalue weighted by Gasteiger charge is -2.50. The van der Waals surface area contributed by atoms with Gasteiger partial charge in [-0.25, -0.2) is 0 Å². The molecule has 5 atom stereocenters. The standard InChI is InChI=1S/C19H26O2/c1-19-10-17(21)18-14-5-3-2-4-12(14)6-8-15(18)16(19)9-7-13(19)11-20/h4,11,13,15-17,21H,2-3,5-10H2,1H3/t13?,15-,16-,17?,19+/m0/s1. The highest BCUT2D eigenvalue weighted by atomic mass is 16.3. The Morgan fingerprint density at radius 3 is 2.95 bits per heavy atom. The molecule has 0 spiro atoms. The van der Waals surface area contributed by atoms with Crippen molar-refractivity contribution >= 4 is 6.29 Å².